The molecule has 2 aromatic rings. The molecule has 0 bridgehead atoms. The van der Waals surface area contributed by atoms with E-state index in [-0.39, 0.29) is 17.1 Å². The quantitative estimate of drug-likeness (QED) is 0.827. The van der Waals surface area contributed by atoms with Crippen molar-refractivity contribution in [3.8, 4) is 0 Å². The van der Waals surface area contributed by atoms with Crippen LogP contribution in [0.4, 0.5) is 5.95 Å². The number of hydrogen-bond donors (Lipinski definition) is 2. The van der Waals surface area contributed by atoms with Gasteiger partial charge in [-0.25, -0.2) is 4.98 Å². The van der Waals surface area contributed by atoms with Crippen molar-refractivity contribution < 1.29 is 4.79 Å². The molecule has 0 fully saturated rings. The molecule has 106 valence electrons. The van der Waals surface area contributed by atoms with Crippen LogP contribution in [0.25, 0.3) is 0 Å². The van der Waals surface area contributed by atoms with Crippen molar-refractivity contribution in [3.05, 3.63) is 30.2 Å². The van der Waals surface area contributed by atoms with Gasteiger partial charge in [0.05, 0.1) is 10.3 Å². The van der Waals surface area contributed by atoms with Gasteiger partial charge in [0.15, 0.2) is 0 Å². The molecule has 2 heterocycles. The number of pyridine rings is 1. The van der Waals surface area contributed by atoms with Gasteiger partial charge in [0.25, 0.3) is 0 Å². The molecule has 0 spiro atoms. The molecule has 0 unspecified atom stereocenters. The first-order chi connectivity index (χ1) is 9.56. The smallest absolute Gasteiger partial charge is 0.248 e. The van der Waals surface area contributed by atoms with Crippen LogP contribution in [0.5, 0.6) is 0 Å². The average Bonchev–Trinajstić information content (AvgIpc) is 2.88. The van der Waals surface area contributed by atoms with Crippen LogP contribution >= 0.6 is 11.8 Å². The summed E-state index contributed by atoms with van der Waals surface area (Å²) in [6.07, 6.45) is 1.71. The molecule has 0 aliphatic rings. The van der Waals surface area contributed by atoms with Crippen LogP contribution < -0.4 is 5.32 Å². The molecule has 0 radical (unpaired) electrons. The molecule has 2 N–H and O–H groups in total. The second-order valence-corrected chi connectivity index (χ2v) is 5.98. The monoisotopic (exact) mass is 291 g/mol. The first-order valence-corrected chi connectivity index (χ1v) is 7.25. The van der Waals surface area contributed by atoms with Gasteiger partial charge in [-0.2, -0.15) is 4.98 Å². The van der Waals surface area contributed by atoms with E-state index in [1.54, 1.807) is 6.20 Å². The van der Waals surface area contributed by atoms with E-state index in [0.717, 1.165) is 10.9 Å². The summed E-state index contributed by atoms with van der Waals surface area (Å²) in [6.45, 7) is 5.84. The number of H-pyrrole nitrogens is 1. The fourth-order valence-electron chi connectivity index (χ4n) is 1.45. The summed E-state index contributed by atoms with van der Waals surface area (Å²) in [5.41, 5.74) is 0. The van der Waals surface area contributed by atoms with Gasteiger partial charge in [-0.3, -0.25) is 15.2 Å². The minimum absolute atomic E-state index is 0.144. The normalized spacial score (nSPS) is 12.4. The Bertz CT molecular complexity index is 569. The Kier molecular flexibility index (Phi) is 4.73. The van der Waals surface area contributed by atoms with Crippen molar-refractivity contribution in [2.45, 2.75) is 37.0 Å². The van der Waals surface area contributed by atoms with Crippen LogP contribution in [0.3, 0.4) is 0 Å². The third-order valence-corrected chi connectivity index (χ3v) is 3.64. The summed E-state index contributed by atoms with van der Waals surface area (Å²) < 4.78 is 0. The van der Waals surface area contributed by atoms with Gasteiger partial charge in [-0.05, 0) is 19.1 Å². The molecular formula is C13H17N5OS. The second kappa shape index (κ2) is 6.51. The van der Waals surface area contributed by atoms with Gasteiger partial charge in [0.1, 0.15) is 5.82 Å². The molecule has 0 saturated carbocycles. The maximum absolute atomic E-state index is 12.0. The van der Waals surface area contributed by atoms with Crippen molar-refractivity contribution in [2.75, 3.05) is 5.32 Å². The van der Waals surface area contributed by atoms with Crippen LogP contribution in [-0.4, -0.2) is 31.3 Å². The van der Waals surface area contributed by atoms with E-state index in [1.165, 1.54) is 11.8 Å². The lowest BCUT2D eigenvalue weighted by Crippen LogP contribution is -2.23. The van der Waals surface area contributed by atoms with Crippen LogP contribution in [0, 0.1) is 0 Å². The first-order valence-electron chi connectivity index (χ1n) is 6.37. The Balaban J connectivity index is 1.93. The maximum atomic E-state index is 12.0. The number of aromatic amines is 1. The number of nitrogens with zero attached hydrogens (tertiary/aromatic N) is 3. The predicted molar refractivity (Wildman–Crippen MR) is 78.7 cm³/mol. The van der Waals surface area contributed by atoms with Gasteiger partial charge >= 0.3 is 0 Å². The predicted octanol–water partition coefficient (Wildman–Crippen LogP) is 2.44. The highest BCUT2D eigenvalue weighted by Crippen LogP contribution is 2.21. The van der Waals surface area contributed by atoms with E-state index in [2.05, 4.69) is 25.5 Å². The number of thioether (sulfide) groups is 1. The maximum Gasteiger partial charge on any atom is 0.248 e. The van der Waals surface area contributed by atoms with E-state index in [9.17, 15) is 4.79 Å². The summed E-state index contributed by atoms with van der Waals surface area (Å²) in [7, 11) is 0. The number of aromatic nitrogens is 4. The van der Waals surface area contributed by atoms with Crippen molar-refractivity contribution in [1.82, 2.24) is 20.2 Å². The summed E-state index contributed by atoms with van der Waals surface area (Å²) in [6, 6.07) is 5.61. The van der Waals surface area contributed by atoms with E-state index in [4.69, 9.17) is 0 Å². The summed E-state index contributed by atoms with van der Waals surface area (Å²) in [4.78, 5) is 20.4. The molecule has 2 aromatic heterocycles. The van der Waals surface area contributed by atoms with E-state index in [1.807, 2.05) is 39.0 Å². The molecule has 20 heavy (non-hydrogen) atoms. The Labute approximate surface area is 121 Å². The average molecular weight is 291 g/mol. The van der Waals surface area contributed by atoms with Crippen molar-refractivity contribution in [1.29, 1.82) is 0 Å². The standard InChI is InChI=1S/C13H17N5OS/c1-8(2)11-15-13(18-17-11)16-12(19)9(3)20-10-6-4-5-7-14-10/h4-9H,1-3H3,(H2,15,16,17,18,19)/t9-/m0/s1. The molecule has 2 rings (SSSR count). The number of carbonyl (C=O) groups is 1. The minimum atomic E-state index is -0.272. The Hall–Kier alpha value is -1.89. The zero-order valence-electron chi connectivity index (χ0n) is 11.6. The molecule has 6 nitrogen and oxygen atoms in total. The van der Waals surface area contributed by atoms with Crippen LogP contribution in [0.15, 0.2) is 29.4 Å². The SMILES string of the molecule is CC(C)c1nc(NC(=O)[C@H](C)Sc2ccccn2)n[nH]1. The molecule has 0 saturated heterocycles. The third-order valence-electron chi connectivity index (χ3n) is 2.59. The number of anilines is 1. The largest absolute Gasteiger partial charge is 0.292 e. The van der Waals surface area contributed by atoms with E-state index >= 15 is 0 Å². The summed E-state index contributed by atoms with van der Waals surface area (Å²) in [5, 5.41) is 10.0. The highest BCUT2D eigenvalue weighted by atomic mass is 32.2. The van der Waals surface area contributed by atoms with E-state index < -0.39 is 0 Å². The lowest BCUT2D eigenvalue weighted by atomic mass is 10.2. The van der Waals surface area contributed by atoms with Crippen molar-refractivity contribution in [3.63, 3.8) is 0 Å². The zero-order chi connectivity index (χ0) is 14.5. The van der Waals surface area contributed by atoms with Crippen molar-refractivity contribution >= 4 is 23.6 Å². The number of rotatable bonds is 5. The number of carbonyl (C=O) groups excluding carboxylic acids is 1. The van der Waals surface area contributed by atoms with Gasteiger partial charge in [-0.1, -0.05) is 31.7 Å². The highest BCUT2D eigenvalue weighted by molar-refractivity contribution is 8.00. The van der Waals surface area contributed by atoms with Crippen LogP contribution in [0.1, 0.15) is 32.5 Å². The van der Waals surface area contributed by atoms with Crippen LogP contribution in [-0.2, 0) is 4.79 Å². The Morgan fingerprint density at radius 1 is 1.35 bits per heavy atom. The number of nitrogens with one attached hydrogen (secondary N) is 2. The van der Waals surface area contributed by atoms with E-state index in [0.29, 0.717) is 5.95 Å². The van der Waals surface area contributed by atoms with Gasteiger partial charge in [-0.15, -0.1) is 5.10 Å². The summed E-state index contributed by atoms with van der Waals surface area (Å²) in [5.74, 6) is 1.17. The number of hydrogen-bond acceptors (Lipinski definition) is 5. The fraction of sp³-hybridized carbons (Fsp3) is 0.385. The Morgan fingerprint density at radius 3 is 2.75 bits per heavy atom. The zero-order valence-corrected chi connectivity index (χ0v) is 12.4. The van der Waals surface area contributed by atoms with Crippen molar-refractivity contribution in [2.24, 2.45) is 0 Å². The molecule has 1 amide bonds. The summed E-state index contributed by atoms with van der Waals surface area (Å²) >= 11 is 1.40. The van der Waals surface area contributed by atoms with Gasteiger partial charge < -0.3 is 0 Å². The Morgan fingerprint density at radius 2 is 2.15 bits per heavy atom. The fourth-order valence-corrected chi connectivity index (χ4v) is 2.26. The second-order valence-electron chi connectivity index (χ2n) is 4.62. The van der Waals surface area contributed by atoms with Crippen LogP contribution in [0.2, 0.25) is 0 Å². The highest BCUT2D eigenvalue weighted by Gasteiger charge is 2.17. The molecule has 1 atom stereocenters. The molecule has 0 aliphatic carbocycles. The first kappa shape index (κ1) is 14.5. The minimum Gasteiger partial charge on any atom is -0.292 e. The molecular weight excluding hydrogens is 274 g/mol. The lowest BCUT2D eigenvalue weighted by molar-refractivity contribution is -0.115. The third kappa shape index (κ3) is 3.80. The van der Waals surface area contributed by atoms with Gasteiger partial charge in [0.2, 0.25) is 11.9 Å². The molecule has 7 heteroatoms. The van der Waals surface area contributed by atoms with Gasteiger partial charge in [0, 0.05) is 12.1 Å². The molecule has 0 aromatic carbocycles. The molecule has 0 aliphatic heterocycles. The lowest BCUT2D eigenvalue weighted by Gasteiger charge is -2.09. The topological polar surface area (TPSA) is 83.6 Å². The number of amides is 1.